The quantitative estimate of drug-likeness (QED) is 0.818. The van der Waals surface area contributed by atoms with Gasteiger partial charge < -0.3 is 10.6 Å². The number of nitrogens with zero attached hydrogens (tertiary/aromatic N) is 1. The lowest BCUT2D eigenvalue weighted by Gasteiger charge is -2.15. The van der Waals surface area contributed by atoms with Gasteiger partial charge in [0.1, 0.15) is 16.3 Å². The lowest BCUT2D eigenvalue weighted by atomic mass is 10.1. The summed E-state index contributed by atoms with van der Waals surface area (Å²) in [6.45, 7) is 0.651. The highest BCUT2D eigenvalue weighted by atomic mass is 35.5. The smallest absolute Gasteiger partial charge is 0.252 e. The molecule has 0 saturated carbocycles. The highest BCUT2D eigenvalue weighted by Gasteiger charge is 2.23. The third-order valence-corrected chi connectivity index (χ3v) is 3.25. The fourth-order valence-electron chi connectivity index (χ4n) is 1.91. The number of amides is 2. The normalized spacial score (nSPS) is 19.5. The number of halogens is 2. The Kier molecular flexibility index (Phi) is 4.61. The van der Waals surface area contributed by atoms with E-state index in [2.05, 4.69) is 15.6 Å². The molecule has 5 nitrogen and oxygen atoms in total. The summed E-state index contributed by atoms with van der Waals surface area (Å²) in [6.07, 6.45) is 2.44. The molecule has 0 bridgehead atoms. The highest BCUT2D eigenvalue weighted by molar-refractivity contribution is 6.33. The van der Waals surface area contributed by atoms with Crippen molar-refractivity contribution in [1.82, 2.24) is 15.6 Å². The van der Waals surface area contributed by atoms with Crippen molar-refractivity contribution in [3.63, 3.8) is 0 Å². The van der Waals surface area contributed by atoms with Crippen LogP contribution in [0.2, 0.25) is 10.3 Å². The number of carbonyl (C=O) groups is 2. The lowest BCUT2D eigenvalue weighted by Crippen LogP contribution is -2.45. The molecule has 1 aromatic heterocycles. The average molecular weight is 302 g/mol. The average Bonchev–Trinajstić information content (AvgIpc) is 2.54. The summed E-state index contributed by atoms with van der Waals surface area (Å²) in [6, 6.07) is 2.31. The van der Waals surface area contributed by atoms with Crippen LogP contribution in [0.15, 0.2) is 12.1 Å². The molecule has 1 fully saturated rings. The zero-order valence-electron chi connectivity index (χ0n) is 10.1. The van der Waals surface area contributed by atoms with Gasteiger partial charge in [-0.05, 0) is 31.4 Å². The summed E-state index contributed by atoms with van der Waals surface area (Å²) in [5, 5.41) is 5.72. The molecule has 2 heterocycles. The molecule has 2 N–H and O–H groups in total. The molecule has 1 aliphatic heterocycles. The van der Waals surface area contributed by atoms with Crippen molar-refractivity contribution in [2.45, 2.75) is 25.3 Å². The Morgan fingerprint density at radius 1 is 1.32 bits per heavy atom. The second-order valence-electron chi connectivity index (χ2n) is 4.31. The van der Waals surface area contributed by atoms with E-state index in [4.69, 9.17) is 23.2 Å². The maximum Gasteiger partial charge on any atom is 0.252 e. The molecule has 7 heteroatoms. The minimum atomic E-state index is -0.513. The largest absolute Gasteiger partial charge is 0.354 e. The second kappa shape index (κ2) is 6.21. The summed E-state index contributed by atoms with van der Waals surface area (Å²) < 4.78 is 0. The minimum Gasteiger partial charge on any atom is -0.354 e. The molecular weight excluding hydrogens is 289 g/mol. The van der Waals surface area contributed by atoms with E-state index in [0.717, 1.165) is 12.8 Å². The van der Waals surface area contributed by atoms with Crippen molar-refractivity contribution in [2.75, 3.05) is 6.54 Å². The van der Waals surface area contributed by atoms with E-state index in [1.165, 1.54) is 12.1 Å². The monoisotopic (exact) mass is 301 g/mol. The van der Waals surface area contributed by atoms with E-state index in [-0.39, 0.29) is 22.1 Å². The van der Waals surface area contributed by atoms with Gasteiger partial charge in [-0.25, -0.2) is 4.98 Å². The van der Waals surface area contributed by atoms with Crippen molar-refractivity contribution >= 4 is 35.0 Å². The van der Waals surface area contributed by atoms with E-state index in [0.29, 0.717) is 18.5 Å². The van der Waals surface area contributed by atoms with Crippen molar-refractivity contribution in [3.8, 4) is 0 Å². The van der Waals surface area contributed by atoms with Crippen LogP contribution in [0.3, 0.4) is 0 Å². The molecule has 1 saturated heterocycles. The maximum atomic E-state index is 12.0. The van der Waals surface area contributed by atoms with Gasteiger partial charge in [-0.1, -0.05) is 23.2 Å². The van der Waals surface area contributed by atoms with Gasteiger partial charge in [-0.2, -0.15) is 0 Å². The number of hydrogen-bond acceptors (Lipinski definition) is 3. The molecule has 19 heavy (non-hydrogen) atoms. The highest BCUT2D eigenvalue weighted by Crippen LogP contribution is 2.15. The molecule has 0 aromatic carbocycles. The number of pyridine rings is 1. The molecule has 0 aliphatic carbocycles. The molecule has 1 atom stereocenters. The van der Waals surface area contributed by atoms with Crippen molar-refractivity contribution in [1.29, 1.82) is 0 Å². The van der Waals surface area contributed by atoms with Gasteiger partial charge in [0.05, 0.1) is 0 Å². The van der Waals surface area contributed by atoms with Crippen molar-refractivity contribution in [2.24, 2.45) is 0 Å². The van der Waals surface area contributed by atoms with Crippen LogP contribution in [0.4, 0.5) is 0 Å². The Labute approximate surface area is 120 Å². The first-order valence-electron chi connectivity index (χ1n) is 5.98. The molecule has 2 amide bonds. The van der Waals surface area contributed by atoms with Gasteiger partial charge in [-0.15, -0.1) is 0 Å². The molecule has 0 radical (unpaired) electrons. The van der Waals surface area contributed by atoms with E-state index in [1.54, 1.807) is 0 Å². The number of hydrogen-bond donors (Lipinski definition) is 2. The van der Waals surface area contributed by atoms with E-state index in [9.17, 15) is 9.59 Å². The first kappa shape index (κ1) is 14.1. The summed E-state index contributed by atoms with van der Waals surface area (Å²) in [5.74, 6) is -0.537. The summed E-state index contributed by atoms with van der Waals surface area (Å²) in [4.78, 5) is 27.5. The number of nitrogens with one attached hydrogen (secondary N) is 2. The Morgan fingerprint density at radius 2 is 2.00 bits per heavy atom. The van der Waals surface area contributed by atoms with E-state index >= 15 is 0 Å². The van der Waals surface area contributed by atoms with Crippen LogP contribution in [0.5, 0.6) is 0 Å². The topological polar surface area (TPSA) is 71.1 Å². The summed E-state index contributed by atoms with van der Waals surface area (Å²) in [5.41, 5.74) is 0.294. The Hall–Kier alpha value is -1.33. The maximum absolute atomic E-state index is 12.0. The van der Waals surface area contributed by atoms with Crippen LogP contribution in [0.1, 0.15) is 29.6 Å². The number of carbonyl (C=O) groups excluding carboxylic acids is 2. The fraction of sp³-hybridized carbons (Fsp3) is 0.417. The molecule has 1 aliphatic rings. The Morgan fingerprint density at radius 3 is 2.68 bits per heavy atom. The van der Waals surface area contributed by atoms with Gasteiger partial charge in [0.25, 0.3) is 5.91 Å². The molecule has 1 unspecified atom stereocenters. The van der Waals surface area contributed by atoms with Crippen molar-refractivity contribution in [3.05, 3.63) is 28.0 Å². The predicted molar refractivity (Wildman–Crippen MR) is 72.4 cm³/mol. The second-order valence-corrected chi connectivity index (χ2v) is 5.09. The van der Waals surface area contributed by atoms with Crippen LogP contribution in [-0.4, -0.2) is 29.4 Å². The van der Waals surface area contributed by atoms with Crippen molar-refractivity contribution < 1.29 is 9.59 Å². The number of rotatable bonds is 2. The Bertz CT molecular complexity index is 487. The zero-order chi connectivity index (χ0) is 13.8. The van der Waals surface area contributed by atoms with Crippen LogP contribution in [-0.2, 0) is 4.79 Å². The molecule has 2 rings (SSSR count). The SMILES string of the molecule is O=C(NC1CCCCNC1=O)c1cc(Cl)nc(Cl)c1. The first-order valence-corrected chi connectivity index (χ1v) is 6.73. The summed E-state index contributed by atoms with van der Waals surface area (Å²) >= 11 is 11.5. The van der Waals surface area contributed by atoms with Gasteiger partial charge in [-0.3, -0.25) is 9.59 Å². The molecule has 0 spiro atoms. The lowest BCUT2D eigenvalue weighted by molar-refractivity contribution is -0.122. The Balaban J connectivity index is 2.09. The van der Waals surface area contributed by atoms with Crippen LogP contribution < -0.4 is 10.6 Å². The van der Waals surface area contributed by atoms with Crippen LogP contribution >= 0.6 is 23.2 Å². The number of aromatic nitrogens is 1. The fourth-order valence-corrected chi connectivity index (χ4v) is 2.38. The van der Waals surface area contributed by atoms with Gasteiger partial charge in [0.2, 0.25) is 5.91 Å². The minimum absolute atomic E-state index is 0.142. The molecule has 1 aromatic rings. The summed E-state index contributed by atoms with van der Waals surface area (Å²) in [7, 11) is 0. The van der Waals surface area contributed by atoms with Crippen LogP contribution in [0, 0.1) is 0 Å². The predicted octanol–water partition coefficient (Wildman–Crippen LogP) is 1.79. The first-order chi connectivity index (χ1) is 9.06. The van der Waals surface area contributed by atoms with Crippen LogP contribution in [0.25, 0.3) is 0 Å². The van der Waals surface area contributed by atoms with Gasteiger partial charge in [0, 0.05) is 12.1 Å². The third kappa shape index (κ3) is 3.81. The standard InChI is InChI=1S/C12H13Cl2N3O2/c13-9-5-7(6-10(14)17-9)11(18)16-8-3-1-2-4-15-12(8)19/h5-6,8H,1-4H2,(H,15,19)(H,16,18). The van der Waals surface area contributed by atoms with E-state index < -0.39 is 6.04 Å². The zero-order valence-corrected chi connectivity index (χ0v) is 11.6. The van der Waals surface area contributed by atoms with E-state index in [1.807, 2.05) is 0 Å². The molecular formula is C12H13Cl2N3O2. The third-order valence-electron chi connectivity index (χ3n) is 2.87. The van der Waals surface area contributed by atoms with Gasteiger partial charge >= 0.3 is 0 Å². The van der Waals surface area contributed by atoms with Gasteiger partial charge in [0.15, 0.2) is 0 Å². The molecule has 102 valence electrons.